The molecule has 2 aromatic carbocycles. The van der Waals surface area contributed by atoms with Crippen LogP contribution in [0.25, 0.3) is 0 Å². The summed E-state index contributed by atoms with van der Waals surface area (Å²) in [5.74, 6) is 6.00. The van der Waals surface area contributed by atoms with Crippen LogP contribution < -0.4 is 10.9 Å². The molecule has 0 amide bonds. The third kappa shape index (κ3) is 6.76. The lowest BCUT2D eigenvalue weighted by atomic mass is 9.92. The zero-order valence-corrected chi connectivity index (χ0v) is 22.5. The van der Waals surface area contributed by atoms with E-state index in [9.17, 15) is 14.3 Å². The molecule has 2 saturated heterocycles. The molecule has 0 spiro atoms. The Morgan fingerprint density at radius 2 is 1.85 bits per heavy atom. The first-order chi connectivity index (χ1) is 19.4. The molecule has 7 nitrogen and oxygen atoms in total. The van der Waals surface area contributed by atoms with E-state index in [2.05, 4.69) is 44.2 Å². The molecule has 210 valence electrons. The number of aromatic amines is 1. The third-order valence-electron chi connectivity index (χ3n) is 7.76. The largest absolute Gasteiger partial charge is 0.502 e. The number of benzene rings is 2. The van der Waals surface area contributed by atoms with Gasteiger partial charge in [0.05, 0.1) is 25.2 Å². The predicted octanol–water partition coefficient (Wildman–Crippen LogP) is 3.37. The normalized spacial score (nSPS) is 20.1. The highest BCUT2D eigenvalue weighted by Gasteiger charge is 2.36. The SMILES string of the molecule is C[C@@H](CF)NCC(Cc1nc[nH]c(=O)c1O)c1ccc(C#Cc2ccc(CN3CC4COCC4C3)cc2)cc1F. The topological polar surface area (TPSA) is 90.5 Å². The van der Waals surface area contributed by atoms with Gasteiger partial charge in [0, 0.05) is 67.5 Å². The second-order valence-electron chi connectivity index (χ2n) is 10.8. The van der Waals surface area contributed by atoms with Crippen LogP contribution in [0.2, 0.25) is 0 Å². The van der Waals surface area contributed by atoms with E-state index in [0.29, 0.717) is 23.0 Å². The molecule has 3 unspecified atom stereocenters. The molecule has 0 bridgehead atoms. The standard InChI is InChI=1S/C31H34F2N4O3/c1-20(12-32)34-13-24(11-29-30(38)31(39)36-19-35-29)27-9-8-22(10-28(27)33)5-2-21-3-6-23(7-4-21)14-37-15-25-17-40-18-26(25)16-37/h3-4,6-10,19-20,24-26,34,38H,11-18H2,1H3,(H,35,36,39)/t20-,24?,25?,26?/m0/s1. The molecule has 5 rings (SSSR count). The molecule has 2 aliphatic rings. The van der Waals surface area contributed by atoms with Crippen LogP contribution in [0.4, 0.5) is 8.78 Å². The zero-order chi connectivity index (χ0) is 28.1. The van der Waals surface area contributed by atoms with Gasteiger partial charge >= 0.3 is 0 Å². The van der Waals surface area contributed by atoms with Gasteiger partial charge in [0.15, 0.2) is 0 Å². The average molecular weight is 549 g/mol. The minimum absolute atomic E-state index is 0.0998. The van der Waals surface area contributed by atoms with Gasteiger partial charge in [-0.3, -0.25) is 9.69 Å². The van der Waals surface area contributed by atoms with Gasteiger partial charge < -0.3 is 20.1 Å². The summed E-state index contributed by atoms with van der Waals surface area (Å²) in [5, 5.41) is 13.2. The predicted molar refractivity (Wildman–Crippen MR) is 148 cm³/mol. The van der Waals surface area contributed by atoms with Crippen molar-refractivity contribution in [3.05, 3.63) is 92.9 Å². The lowest BCUT2D eigenvalue weighted by Gasteiger charge is -2.21. The van der Waals surface area contributed by atoms with Gasteiger partial charge in [-0.25, -0.2) is 13.8 Å². The van der Waals surface area contributed by atoms with Crippen molar-refractivity contribution in [1.82, 2.24) is 20.2 Å². The molecule has 0 aliphatic carbocycles. The number of nitrogens with zero attached hydrogens (tertiary/aromatic N) is 2. The van der Waals surface area contributed by atoms with Crippen LogP contribution in [0.15, 0.2) is 53.6 Å². The number of halogens is 2. The number of alkyl halides is 1. The Balaban J connectivity index is 1.26. The highest BCUT2D eigenvalue weighted by molar-refractivity contribution is 5.45. The van der Waals surface area contributed by atoms with Crippen LogP contribution >= 0.6 is 0 Å². The number of fused-ring (bicyclic) bond motifs is 1. The maximum Gasteiger partial charge on any atom is 0.293 e. The number of likely N-dealkylation sites (tertiary alicyclic amines) is 1. The summed E-state index contributed by atoms with van der Waals surface area (Å²) < 4.78 is 33.9. The van der Waals surface area contributed by atoms with E-state index in [4.69, 9.17) is 4.74 Å². The molecule has 2 fully saturated rings. The fraction of sp³-hybridized carbons (Fsp3) is 0.419. The Morgan fingerprint density at radius 1 is 1.15 bits per heavy atom. The Hall–Kier alpha value is -3.58. The van der Waals surface area contributed by atoms with Crippen LogP contribution in [0.5, 0.6) is 5.75 Å². The molecule has 2 aliphatic heterocycles. The Bertz CT molecular complexity index is 1420. The molecule has 1 aromatic heterocycles. The van der Waals surface area contributed by atoms with E-state index in [1.807, 2.05) is 12.1 Å². The van der Waals surface area contributed by atoms with Crippen molar-refractivity contribution in [2.45, 2.75) is 31.8 Å². The first kappa shape index (κ1) is 28.0. The van der Waals surface area contributed by atoms with Crippen molar-refractivity contribution < 1.29 is 18.6 Å². The maximum atomic E-state index is 15.3. The molecule has 9 heteroatoms. The van der Waals surface area contributed by atoms with E-state index >= 15 is 4.39 Å². The number of aromatic nitrogens is 2. The molecule has 0 saturated carbocycles. The number of ether oxygens (including phenoxy) is 1. The van der Waals surface area contributed by atoms with E-state index in [1.165, 1.54) is 18.0 Å². The number of aromatic hydroxyl groups is 1. The zero-order valence-electron chi connectivity index (χ0n) is 22.5. The van der Waals surface area contributed by atoms with Crippen LogP contribution in [-0.2, 0) is 17.7 Å². The highest BCUT2D eigenvalue weighted by Crippen LogP contribution is 2.30. The molecule has 3 heterocycles. The van der Waals surface area contributed by atoms with Gasteiger partial charge in [-0.05, 0) is 42.3 Å². The first-order valence-electron chi connectivity index (χ1n) is 13.6. The van der Waals surface area contributed by atoms with Gasteiger partial charge in [0.25, 0.3) is 5.56 Å². The number of rotatable bonds is 9. The third-order valence-corrected chi connectivity index (χ3v) is 7.76. The van der Waals surface area contributed by atoms with Crippen LogP contribution in [0.3, 0.4) is 0 Å². The van der Waals surface area contributed by atoms with Crippen molar-refractivity contribution in [1.29, 1.82) is 0 Å². The first-order valence-corrected chi connectivity index (χ1v) is 13.6. The summed E-state index contributed by atoms with van der Waals surface area (Å²) in [6, 6.07) is 12.5. The second-order valence-corrected chi connectivity index (χ2v) is 10.8. The number of hydrogen-bond acceptors (Lipinski definition) is 6. The average Bonchev–Trinajstić information content (AvgIpc) is 3.55. The van der Waals surface area contributed by atoms with E-state index in [0.717, 1.165) is 38.4 Å². The molecular weight excluding hydrogens is 514 g/mol. The summed E-state index contributed by atoms with van der Waals surface area (Å²) in [7, 11) is 0. The highest BCUT2D eigenvalue weighted by atomic mass is 19.1. The van der Waals surface area contributed by atoms with Gasteiger partial charge in [0.2, 0.25) is 5.75 Å². The van der Waals surface area contributed by atoms with Crippen LogP contribution in [0.1, 0.15) is 40.8 Å². The summed E-state index contributed by atoms with van der Waals surface area (Å²) in [6.07, 6.45) is 1.29. The molecular formula is C31H34F2N4O3. The molecule has 0 radical (unpaired) electrons. The summed E-state index contributed by atoms with van der Waals surface area (Å²) >= 11 is 0. The van der Waals surface area contributed by atoms with E-state index < -0.39 is 35.8 Å². The lowest BCUT2D eigenvalue weighted by molar-refractivity contribution is 0.153. The summed E-state index contributed by atoms with van der Waals surface area (Å²) in [6.45, 7) is 6.19. The van der Waals surface area contributed by atoms with Gasteiger partial charge in [-0.15, -0.1) is 0 Å². The minimum atomic E-state index is -0.665. The number of nitrogens with one attached hydrogen (secondary N) is 2. The van der Waals surface area contributed by atoms with Crippen molar-refractivity contribution >= 4 is 0 Å². The molecule has 4 atom stereocenters. The maximum absolute atomic E-state index is 15.3. The van der Waals surface area contributed by atoms with Crippen LogP contribution in [0, 0.1) is 29.5 Å². The van der Waals surface area contributed by atoms with Crippen molar-refractivity contribution in [3.8, 4) is 17.6 Å². The van der Waals surface area contributed by atoms with E-state index in [-0.39, 0.29) is 18.7 Å². The lowest BCUT2D eigenvalue weighted by Crippen LogP contribution is -2.33. The van der Waals surface area contributed by atoms with Gasteiger partial charge in [0.1, 0.15) is 12.5 Å². The monoisotopic (exact) mass is 548 g/mol. The van der Waals surface area contributed by atoms with Crippen molar-refractivity contribution in [3.63, 3.8) is 0 Å². The van der Waals surface area contributed by atoms with E-state index in [1.54, 1.807) is 19.1 Å². The van der Waals surface area contributed by atoms with Gasteiger partial charge in [-0.1, -0.05) is 30.0 Å². The van der Waals surface area contributed by atoms with Crippen molar-refractivity contribution in [2.75, 3.05) is 39.5 Å². The molecule has 3 aromatic rings. The summed E-state index contributed by atoms with van der Waals surface area (Å²) in [4.78, 5) is 20.6. The fourth-order valence-corrected chi connectivity index (χ4v) is 5.45. The second kappa shape index (κ2) is 12.7. The molecule has 3 N–H and O–H groups in total. The van der Waals surface area contributed by atoms with Gasteiger partial charge in [-0.2, -0.15) is 0 Å². The summed E-state index contributed by atoms with van der Waals surface area (Å²) in [5.41, 5.74) is 2.46. The molecule has 40 heavy (non-hydrogen) atoms. The number of hydrogen-bond donors (Lipinski definition) is 3. The fourth-order valence-electron chi connectivity index (χ4n) is 5.45. The Kier molecular flexibility index (Phi) is 8.90. The quantitative estimate of drug-likeness (QED) is 0.356. The van der Waals surface area contributed by atoms with Crippen LogP contribution in [-0.4, -0.2) is 65.5 Å². The number of H-pyrrole nitrogens is 1. The minimum Gasteiger partial charge on any atom is -0.502 e. The Morgan fingerprint density at radius 3 is 2.55 bits per heavy atom. The smallest absolute Gasteiger partial charge is 0.293 e. The van der Waals surface area contributed by atoms with Crippen molar-refractivity contribution in [2.24, 2.45) is 11.8 Å². The Labute approximate surface area is 232 Å².